The molecule has 0 saturated heterocycles. The van der Waals surface area contributed by atoms with E-state index in [4.69, 9.17) is 11.6 Å². The van der Waals surface area contributed by atoms with Gasteiger partial charge in [-0.3, -0.25) is 14.4 Å². The van der Waals surface area contributed by atoms with Crippen LogP contribution in [0.15, 0.2) is 48.5 Å². The number of hydrogen-bond acceptors (Lipinski definition) is 3. The molecule has 0 heterocycles. The highest BCUT2D eigenvalue weighted by molar-refractivity contribution is 6.31. The molecule has 0 saturated carbocycles. The fourth-order valence-electron chi connectivity index (χ4n) is 2.37. The van der Waals surface area contributed by atoms with Crippen molar-refractivity contribution in [2.24, 2.45) is 0 Å². The van der Waals surface area contributed by atoms with E-state index in [1.807, 2.05) is 19.1 Å². The van der Waals surface area contributed by atoms with Gasteiger partial charge in [0.25, 0.3) is 5.91 Å². The minimum atomic E-state index is -0.365. The second kappa shape index (κ2) is 9.73. The van der Waals surface area contributed by atoms with Gasteiger partial charge < -0.3 is 16.0 Å². The highest BCUT2D eigenvalue weighted by atomic mass is 35.5. The van der Waals surface area contributed by atoms with Gasteiger partial charge in [0.15, 0.2) is 0 Å². The molecule has 3 amide bonds. The molecule has 1 atom stereocenters. The molecule has 0 spiro atoms. The normalized spacial score (nSPS) is 11.4. The molecule has 1 unspecified atom stereocenters. The molecule has 2 rings (SSSR count). The van der Waals surface area contributed by atoms with Crippen LogP contribution in [0.2, 0.25) is 5.02 Å². The minimum Gasteiger partial charge on any atom is -0.348 e. The average Bonchev–Trinajstić information content (AvgIpc) is 2.66. The third-order valence-corrected chi connectivity index (χ3v) is 4.12. The van der Waals surface area contributed by atoms with Gasteiger partial charge in [0.05, 0.1) is 12.6 Å². The summed E-state index contributed by atoms with van der Waals surface area (Å²) >= 11 is 5.85. The van der Waals surface area contributed by atoms with Crippen LogP contribution in [0.1, 0.15) is 42.2 Å². The number of carbonyl (C=O) groups is 3. The van der Waals surface area contributed by atoms with Crippen LogP contribution in [0.3, 0.4) is 0 Å². The Bertz CT molecular complexity index is 821. The average molecular weight is 388 g/mol. The number of nitrogens with one attached hydrogen (secondary N) is 3. The Morgan fingerprint density at radius 3 is 2.37 bits per heavy atom. The SMILES string of the molecule is CCC(=O)Nc1ccc(C(C)NC(=O)CNC(=O)c2cccc(Cl)c2)cc1. The van der Waals surface area contributed by atoms with Gasteiger partial charge in [-0.1, -0.05) is 36.7 Å². The molecule has 0 aliphatic carbocycles. The number of hydrogen-bond donors (Lipinski definition) is 3. The molecule has 7 heteroatoms. The minimum absolute atomic E-state index is 0.0560. The molecule has 0 aliphatic rings. The first-order valence-electron chi connectivity index (χ1n) is 8.62. The van der Waals surface area contributed by atoms with Crippen molar-refractivity contribution in [2.75, 3.05) is 11.9 Å². The van der Waals surface area contributed by atoms with Gasteiger partial charge >= 0.3 is 0 Å². The monoisotopic (exact) mass is 387 g/mol. The fraction of sp³-hybridized carbons (Fsp3) is 0.250. The van der Waals surface area contributed by atoms with E-state index in [0.717, 1.165) is 5.56 Å². The number of rotatable bonds is 7. The fourth-order valence-corrected chi connectivity index (χ4v) is 2.56. The lowest BCUT2D eigenvalue weighted by Crippen LogP contribution is -2.38. The standard InChI is InChI=1S/C20H22ClN3O3/c1-3-18(25)24-17-9-7-14(8-10-17)13(2)23-19(26)12-22-20(27)15-5-4-6-16(21)11-15/h4-11,13H,3,12H2,1-2H3,(H,22,27)(H,23,26)(H,24,25). The van der Waals surface area contributed by atoms with E-state index >= 15 is 0 Å². The Balaban J connectivity index is 1.84. The number of halogens is 1. The third-order valence-electron chi connectivity index (χ3n) is 3.89. The Hall–Kier alpha value is -2.86. The lowest BCUT2D eigenvalue weighted by atomic mass is 10.1. The van der Waals surface area contributed by atoms with Crippen molar-refractivity contribution < 1.29 is 14.4 Å². The summed E-state index contributed by atoms with van der Waals surface area (Å²) in [4.78, 5) is 35.5. The Labute approximate surface area is 163 Å². The second-order valence-electron chi connectivity index (χ2n) is 6.01. The zero-order valence-electron chi connectivity index (χ0n) is 15.2. The van der Waals surface area contributed by atoms with Crippen molar-refractivity contribution in [2.45, 2.75) is 26.3 Å². The van der Waals surface area contributed by atoms with Gasteiger partial charge in [-0.15, -0.1) is 0 Å². The zero-order valence-corrected chi connectivity index (χ0v) is 16.0. The summed E-state index contributed by atoms with van der Waals surface area (Å²) in [6, 6.07) is 13.5. The maximum atomic E-state index is 12.1. The summed E-state index contributed by atoms with van der Waals surface area (Å²) < 4.78 is 0. The highest BCUT2D eigenvalue weighted by Gasteiger charge is 2.12. The molecule has 2 aromatic carbocycles. The Kier molecular flexibility index (Phi) is 7.37. The topological polar surface area (TPSA) is 87.3 Å². The summed E-state index contributed by atoms with van der Waals surface area (Å²) in [7, 11) is 0. The van der Waals surface area contributed by atoms with Crippen LogP contribution in [0.5, 0.6) is 0 Å². The van der Waals surface area contributed by atoms with E-state index in [-0.39, 0.29) is 30.3 Å². The molecular formula is C20H22ClN3O3. The lowest BCUT2D eigenvalue weighted by molar-refractivity contribution is -0.120. The summed E-state index contributed by atoms with van der Waals surface area (Å²) in [5.41, 5.74) is 1.99. The smallest absolute Gasteiger partial charge is 0.251 e. The van der Waals surface area contributed by atoms with E-state index in [0.29, 0.717) is 22.7 Å². The molecule has 0 aliphatic heterocycles. The number of amides is 3. The zero-order chi connectivity index (χ0) is 19.8. The van der Waals surface area contributed by atoms with Crippen molar-refractivity contribution >= 4 is 35.0 Å². The maximum Gasteiger partial charge on any atom is 0.251 e. The predicted octanol–water partition coefficient (Wildman–Crippen LogP) is 3.30. The quantitative estimate of drug-likeness (QED) is 0.681. The molecule has 27 heavy (non-hydrogen) atoms. The van der Waals surface area contributed by atoms with Gasteiger partial charge in [-0.05, 0) is 42.8 Å². The molecule has 0 aromatic heterocycles. The third kappa shape index (κ3) is 6.42. The molecule has 0 fully saturated rings. The first-order chi connectivity index (χ1) is 12.9. The van der Waals surface area contributed by atoms with Gasteiger partial charge in [0.1, 0.15) is 0 Å². The van der Waals surface area contributed by atoms with Crippen LogP contribution in [0.25, 0.3) is 0 Å². The van der Waals surface area contributed by atoms with Crippen LogP contribution >= 0.6 is 11.6 Å². The lowest BCUT2D eigenvalue weighted by Gasteiger charge is -2.15. The largest absolute Gasteiger partial charge is 0.348 e. The van der Waals surface area contributed by atoms with Crippen LogP contribution in [0.4, 0.5) is 5.69 Å². The van der Waals surface area contributed by atoms with E-state index in [9.17, 15) is 14.4 Å². The molecule has 6 nitrogen and oxygen atoms in total. The van der Waals surface area contributed by atoms with Crippen molar-refractivity contribution in [3.8, 4) is 0 Å². The second-order valence-corrected chi connectivity index (χ2v) is 6.44. The number of carbonyl (C=O) groups excluding carboxylic acids is 3. The van der Waals surface area contributed by atoms with Crippen molar-refractivity contribution in [1.82, 2.24) is 10.6 Å². The molecule has 2 aromatic rings. The maximum absolute atomic E-state index is 12.1. The summed E-state index contributed by atoms with van der Waals surface area (Å²) in [6.07, 6.45) is 0.412. The summed E-state index contributed by atoms with van der Waals surface area (Å²) in [5.74, 6) is -0.725. The number of anilines is 1. The van der Waals surface area contributed by atoms with Gasteiger partial charge in [-0.2, -0.15) is 0 Å². The van der Waals surface area contributed by atoms with Crippen molar-refractivity contribution in [3.63, 3.8) is 0 Å². The van der Waals surface area contributed by atoms with Gasteiger partial charge in [-0.25, -0.2) is 0 Å². The van der Waals surface area contributed by atoms with Crippen LogP contribution < -0.4 is 16.0 Å². The first kappa shape index (κ1) is 20.5. The van der Waals surface area contributed by atoms with Gasteiger partial charge in [0, 0.05) is 22.7 Å². The molecule has 0 bridgehead atoms. The Morgan fingerprint density at radius 1 is 1.04 bits per heavy atom. The molecule has 0 radical (unpaired) electrons. The predicted molar refractivity (Wildman–Crippen MR) is 106 cm³/mol. The van der Waals surface area contributed by atoms with E-state index in [2.05, 4.69) is 16.0 Å². The van der Waals surface area contributed by atoms with Crippen molar-refractivity contribution in [1.29, 1.82) is 0 Å². The van der Waals surface area contributed by atoms with E-state index in [1.165, 1.54) is 6.07 Å². The van der Waals surface area contributed by atoms with Gasteiger partial charge in [0.2, 0.25) is 11.8 Å². The van der Waals surface area contributed by atoms with Crippen LogP contribution in [-0.4, -0.2) is 24.3 Å². The summed E-state index contributed by atoms with van der Waals surface area (Å²) in [6.45, 7) is 3.49. The highest BCUT2D eigenvalue weighted by Crippen LogP contribution is 2.16. The van der Waals surface area contributed by atoms with Crippen LogP contribution in [-0.2, 0) is 9.59 Å². The first-order valence-corrected chi connectivity index (χ1v) is 8.99. The van der Waals surface area contributed by atoms with E-state index < -0.39 is 0 Å². The summed E-state index contributed by atoms with van der Waals surface area (Å²) in [5, 5.41) is 8.61. The number of benzene rings is 2. The molecule has 142 valence electrons. The molecular weight excluding hydrogens is 366 g/mol. The van der Waals surface area contributed by atoms with E-state index in [1.54, 1.807) is 37.3 Å². The molecule has 3 N–H and O–H groups in total. The van der Waals surface area contributed by atoms with Crippen molar-refractivity contribution in [3.05, 3.63) is 64.7 Å². The Morgan fingerprint density at radius 2 is 1.74 bits per heavy atom. The van der Waals surface area contributed by atoms with Crippen LogP contribution in [0, 0.1) is 0 Å².